The van der Waals surface area contributed by atoms with Gasteiger partial charge < -0.3 is 16.6 Å². The van der Waals surface area contributed by atoms with Crippen molar-refractivity contribution in [1.29, 1.82) is 0 Å². The van der Waals surface area contributed by atoms with Gasteiger partial charge in [0.05, 0.1) is 5.52 Å². The number of anilines is 1. The molecule has 2 aromatic rings. The Kier molecular flexibility index (Phi) is 2.01. The number of nitrogens with zero attached hydrogens (tertiary/aromatic N) is 2. The van der Waals surface area contributed by atoms with Crippen LogP contribution in [0.25, 0.3) is 10.9 Å². The van der Waals surface area contributed by atoms with Crippen molar-refractivity contribution in [2.24, 2.45) is 5.73 Å². The van der Waals surface area contributed by atoms with E-state index in [4.69, 9.17) is 16.6 Å². The van der Waals surface area contributed by atoms with Gasteiger partial charge in [0.15, 0.2) is 5.69 Å². The Hall–Kier alpha value is -2.57. The minimum atomic E-state index is -1.24. The summed E-state index contributed by atoms with van der Waals surface area (Å²) in [5.74, 6) is -1.24. The molecule has 0 bridgehead atoms. The van der Waals surface area contributed by atoms with Crippen molar-refractivity contribution in [1.82, 2.24) is 9.78 Å². The van der Waals surface area contributed by atoms with E-state index in [1.807, 2.05) is 0 Å². The molecule has 1 aromatic heterocycles. The van der Waals surface area contributed by atoms with Crippen LogP contribution in [0.3, 0.4) is 0 Å². The monoisotopic (exact) mass is 220 g/mol. The molecule has 16 heavy (non-hydrogen) atoms. The maximum atomic E-state index is 11.0. The molecule has 7 nitrogen and oxygen atoms in total. The van der Waals surface area contributed by atoms with Crippen LogP contribution in [0.4, 0.5) is 10.5 Å². The minimum absolute atomic E-state index is 0.249. The molecule has 1 aromatic carbocycles. The van der Waals surface area contributed by atoms with Crippen molar-refractivity contribution in [3.63, 3.8) is 0 Å². The Morgan fingerprint density at radius 3 is 2.62 bits per heavy atom. The van der Waals surface area contributed by atoms with Crippen molar-refractivity contribution in [3.8, 4) is 0 Å². The van der Waals surface area contributed by atoms with Gasteiger partial charge in [-0.15, -0.1) is 0 Å². The third-order valence-corrected chi connectivity index (χ3v) is 2.12. The normalized spacial score (nSPS) is 10.5. The fourth-order valence-electron chi connectivity index (χ4n) is 1.46. The number of benzene rings is 1. The van der Waals surface area contributed by atoms with Gasteiger partial charge in [-0.25, -0.2) is 9.59 Å². The highest BCUT2D eigenvalue weighted by Gasteiger charge is 2.18. The molecule has 1 amide bonds. The van der Waals surface area contributed by atoms with Crippen LogP contribution in [0.5, 0.6) is 0 Å². The smallest absolute Gasteiger partial charge is 0.357 e. The van der Waals surface area contributed by atoms with E-state index in [1.54, 1.807) is 0 Å². The van der Waals surface area contributed by atoms with Crippen LogP contribution in [-0.2, 0) is 0 Å². The van der Waals surface area contributed by atoms with Crippen LogP contribution in [0, 0.1) is 0 Å². The Morgan fingerprint density at radius 1 is 1.38 bits per heavy atom. The number of carboxylic acid groups (broad SMARTS) is 1. The topological polar surface area (TPSA) is 124 Å². The molecule has 1 heterocycles. The average molecular weight is 220 g/mol. The van der Waals surface area contributed by atoms with Crippen LogP contribution in [0.1, 0.15) is 10.5 Å². The summed E-state index contributed by atoms with van der Waals surface area (Å²) in [7, 11) is 0. The molecule has 0 atom stereocenters. The highest BCUT2D eigenvalue weighted by atomic mass is 16.4. The maximum absolute atomic E-state index is 11.0. The van der Waals surface area contributed by atoms with Crippen molar-refractivity contribution in [2.45, 2.75) is 0 Å². The summed E-state index contributed by atoms with van der Waals surface area (Å²) in [6, 6.07) is 3.62. The lowest BCUT2D eigenvalue weighted by molar-refractivity contribution is 0.0692. The predicted octanol–water partition coefficient (Wildman–Crippen LogP) is 0.243. The molecule has 0 aliphatic heterocycles. The van der Waals surface area contributed by atoms with Crippen molar-refractivity contribution < 1.29 is 14.7 Å². The molecule has 0 saturated carbocycles. The van der Waals surface area contributed by atoms with E-state index in [9.17, 15) is 9.59 Å². The van der Waals surface area contributed by atoms with Crippen LogP contribution < -0.4 is 11.5 Å². The summed E-state index contributed by atoms with van der Waals surface area (Å²) in [6.07, 6.45) is 0. The number of aromatic carboxylic acids is 1. The fourth-order valence-corrected chi connectivity index (χ4v) is 1.46. The molecule has 2 rings (SSSR count). The van der Waals surface area contributed by atoms with E-state index in [0.717, 1.165) is 4.68 Å². The molecular formula is C9H8N4O3. The second-order valence-electron chi connectivity index (χ2n) is 3.18. The van der Waals surface area contributed by atoms with E-state index in [2.05, 4.69) is 5.10 Å². The molecule has 7 heteroatoms. The standard InChI is InChI=1S/C9H8N4O3/c10-4-1-2-6-5(3-4)7(8(14)15)12-13(6)9(11)16/h1-3H,10H2,(H2,11,16)(H,14,15). The summed E-state index contributed by atoms with van der Waals surface area (Å²) < 4.78 is 0.832. The van der Waals surface area contributed by atoms with Crippen LogP contribution >= 0.6 is 0 Å². The first-order valence-electron chi connectivity index (χ1n) is 4.32. The number of fused-ring (bicyclic) bond motifs is 1. The van der Waals surface area contributed by atoms with E-state index >= 15 is 0 Å². The maximum Gasteiger partial charge on any atom is 0.357 e. The molecule has 5 N–H and O–H groups in total. The van der Waals surface area contributed by atoms with Crippen LogP contribution in [-0.4, -0.2) is 26.9 Å². The van der Waals surface area contributed by atoms with E-state index < -0.39 is 12.0 Å². The Morgan fingerprint density at radius 2 is 2.06 bits per heavy atom. The number of hydrogen-bond acceptors (Lipinski definition) is 4. The largest absolute Gasteiger partial charge is 0.476 e. The third-order valence-electron chi connectivity index (χ3n) is 2.12. The summed E-state index contributed by atoms with van der Waals surface area (Å²) in [6.45, 7) is 0. The molecule has 0 fully saturated rings. The van der Waals surface area contributed by atoms with Gasteiger partial charge in [-0.2, -0.15) is 9.78 Å². The third kappa shape index (κ3) is 1.34. The van der Waals surface area contributed by atoms with Gasteiger partial charge in [0, 0.05) is 11.1 Å². The lowest BCUT2D eigenvalue weighted by Crippen LogP contribution is -2.21. The highest BCUT2D eigenvalue weighted by molar-refractivity contribution is 6.04. The first-order chi connectivity index (χ1) is 7.50. The number of amides is 1. The Bertz CT molecular complexity index is 602. The second kappa shape index (κ2) is 3.23. The molecule has 0 radical (unpaired) electrons. The van der Waals surface area contributed by atoms with Gasteiger partial charge in [0.2, 0.25) is 0 Å². The number of nitrogen functional groups attached to an aromatic ring is 1. The number of hydrogen-bond donors (Lipinski definition) is 3. The minimum Gasteiger partial charge on any atom is -0.476 e. The van der Waals surface area contributed by atoms with Crippen LogP contribution in [0.2, 0.25) is 0 Å². The predicted molar refractivity (Wildman–Crippen MR) is 56.1 cm³/mol. The first-order valence-corrected chi connectivity index (χ1v) is 4.32. The zero-order valence-corrected chi connectivity index (χ0v) is 8.04. The average Bonchev–Trinajstić information content (AvgIpc) is 2.56. The van der Waals surface area contributed by atoms with Gasteiger partial charge in [-0.1, -0.05) is 0 Å². The Balaban J connectivity index is 2.87. The molecular weight excluding hydrogens is 212 g/mol. The van der Waals surface area contributed by atoms with Gasteiger partial charge in [-0.05, 0) is 18.2 Å². The lowest BCUT2D eigenvalue weighted by Gasteiger charge is -1.96. The van der Waals surface area contributed by atoms with Crippen molar-refractivity contribution in [3.05, 3.63) is 23.9 Å². The zero-order valence-electron chi connectivity index (χ0n) is 8.04. The van der Waals surface area contributed by atoms with Gasteiger partial charge in [0.1, 0.15) is 0 Å². The molecule has 0 aliphatic carbocycles. The number of nitrogens with two attached hydrogens (primary N) is 2. The highest BCUT2D eigenvalue weighted by Crippen LogP contribution is 2.21. The van der Waals surface area contributed by atoms with E-state index in [0.29, 0.717) is 11.2 Å². The summed E-state index contributed by atoms with van der Waals surface area (Å²) in [5.41, 5.74) is 11.1. The van der Waals surface area contributed by atoms with Gasteiger partial charge in [0.25, 0.3) is 0 Å². The quantitative estimate of drug-likeness (QED) is 0.594. The molecule has 0 aliphatic rings. The summed E-state index contributed by atoms with van der Waals surface area (Å²) in [5, 5.41) is 12.8. The molecule has 0 saturated heterocycles. The van der Waals surface area contributed by atoms with Gasteiger partial charge in [-0.3, -0.25) is 0 Å². The number of carbonyl (C=O) groups is 2. The van der Waals surface area contributed by atoms with Crippen molar-refractivity contribution >= 4 is 28.6 Å². The zero-order chi connectivity index (χ0) is 11.9. The first kappa shape index (κ1) is 9.97. The SMILES string of the molecule is NC(=O)n1nc(C(=O)O)c2cc(N)ccc21. The fraction of sp³-hybridized carbons (Fsp3) is 0. The number of carboxylic acids is 1. The molecule has 0 spiro atoms. The number of rotatable bonds is 1. The molecule has 0 unspecified atom stereocenters. The Labute approximate surface area is 89.2 Å². The summed E-state index contributed by atoms with van der Waals surface area (Å²) >= 11 is 0. The van der Waals surface area contributed by atoms with E-state index in [-0.39, 0.29) is 11.1 Å². The summed E-state index contributed by atoms with van der Waals surface area (Å²) in [4.78, 5) is 21.9. The number of aromatic nitrogens is 2. The van der Waals surface area contributed by atoms with Crippen molar-refractivity contribution in [2.75, 3.05) is 5.73 Å². The number of carbonyl (C=O) groups excluding carboxylic acids is 1. The lowest BCUT2D eigenvalue weighted by atomic mass is 10.2. The number of primary amides is 1. The molecule has 82 valence electrons. The van der Waals surface area contributed by atoms with Crippen LogP contribution in [0.15, 0.2) is 18.2 Å². The second-order valence-corrected chi connectivity index (χ2v) is 3.18. The van der Waals surface area contributed by atoms with E-state index in [1.165, 1.54) is 18.2 Å². The van der Waals surface area contributed by atoms with Gasteiger partial charge >= 0.3 is 12.0 Å².